The lowest BCUT2D eigenvalue weighted by atomic mass is 10.1. The van der Waals surface area contributed by atoms with Crippen molar-refractivity contribution in [2.45, 2.75) is 0 Å². The number of ether oxygens (including phenoxy) is 1. The Bertz CT molecular complexity index is 534. The Morgan fingerprint density at radius 2 is 2.10 bits per heavy atom. The van der Waals surface area contributed by atoms with Gasteiger partial charge in [0.25, 0.3) is 5.91 Å². The first-order chi connectivity index (χ1) is 9.65. The summed E-state index contributed by atoms with van der Waals surface area (Å²) in [5.41, 5.74) is 0.414. The summed E-state index contributed by atoms with van der Waals surface area (Å²) in [5.74, 6) is -0.554. The van der Waals surface area contributed by atoms with Gasteiger partial charge in [0, 0.05) is 31.7 Å². The molecule has 1 saturated heterocycles. The lowest BCUT2D eigenvalue weighted by Gasteiger charge is -2.33. The van der Waals surface area contributed by atoms with Crippen molar-refractivity contribution in [1.82, 2.24) is 9.80 Å². The second-order valence-electron chi connectivity index (χ2n) is 4.58. The lowest BCUT2D eigenvalue weighted by molar-refractivity contribution is 0.0651. The van der Waals surface area contributed by atoms with Crippen LogP contribution in [-0.2, 0) is 0 Å². The third-order valence-corrected chi connectivity index (χ3v) is 3.35. The number of hydrogen-bond donors (Lipinski definition) is 0. The SMILES string of the molecule is COc1cc(C(=O)N2CCN(CC#N)CC2)ccc1F. The molecule has 2 rings (SSSR count). The van der Waals surface area contributed by atoms with Crippen LogP contribution in [0, 0.1) is 17.1 Å². The molecule has 0 saturated carbocycles. The molecule has 1 aliphatic rings. The van der Waals surface area contributed by atoms with Crippen molar-refractivity contribution < 1.29 is 13.9 Å². The third kappa shape index (κ3) is 3.06. The normalized spacial score (nSPS) is 15.8. The Morgan fingerprint density at radius 1 is 1.40 bits per heavy atom. The van der Waals surface area contributed by atoms with Crippen LogP contribution in [0.2, 0.25) is 0 Å². The Morgan fingerprint density at radius 3 is 2.70 bits per heavy atom. The number of hydrogen-bond acceptors (Lipinski definition) is 4. The molecule has 20 heavy (non-hydrogen) atoms. The highest BCUT2D eigenvalue weighted by atomic mass is 19.1. The van der Waals surface area contributed by atoms with E-state index in [2.05, 4.69) is 6.07 Å². The van der Waals surface area contributed by atoms with Crippen LogP contribution < -0.4 is 4.74 Å². The Balaban J connectivity index is 2.04. The van der Waals surface area contributed by atoms with Gasteiger partial charge >= 0.3 is 0 Å². The van der Waals surface area contributed by atoms with Gasteiger partial charge in [0.2, 0.25) is 0 Å². The van der Waals surface area contributed by atoms with Crippen molar-refractivity contribution in [3.05, 3.63) is 29.6 Å². The van der Waals surface area contributed by atoms with Crippen LogP contribution in [0.25, 0.3) is 0 Å². The predicted octanol–water partition coefficient (Wildman–Crippen LogP) is 1.12. The minimum absolute atomic E-state index is 0.0685. The van der Waals surface area contributed by atoms with Gasteiger partial charge in [-0.25, -0.2) is 4.39 Å². The van der Waals surface area contributed by atoms with Crippen molar-refractivity contribution in [3.63, 3.8) is 0 Å². The first kappa shape index (κ1) is 14.3. The summed E-state index contributed by atoms with van der Waals surface area (Å²) in [6.45, 7) is 2.88. The number of methoxy groups -OCH3 is 1. The van der Waals surface area contributed by atoms with Crippen LogP contribution in [-0.4, -0.2) is 55.5 Å². The number of carbonyl (C=O) groups excluding carboxylic acids is 1. The highest BCUT2D eigenvalue weighted by Gasteiger charge is 2.22. The molecule has 0 radical (unpaired) electrons. The molecule has 0 N–H and O–H groups in total. The van der Waals surface area contributed by atoms with Gasteiger partial charge in [-0.05, 0) is 18.2 Å². The largest absolute Gasteiger partial charge is 0.494 e. The van der Waals surface area contributed by atoms with Crippen LogP contribution in [0.4, 0.5) is 4.39 Å². The third-order valence-electron chi connectivity index (χ3n) is 3.35. The van der Waals surface area contributed by atoms with Crippen LogP contribution in [0.3, 0.4) is 0 Å². The van der Waals surface area contributed by atoms with Gasteiger partial charge in [-0.3, -0.25) is 9.69 Å². The second-order valence-corrected chi connectivity index (χ2v) is 4.58. The maximum absolute atomic E-state index is 13.3. The number of nitrogens with zero attached hydrogens (tertiary/aromatic N) is 3. The number of benzene rings is 1. The second kappa shape index (κ2) is 6.35. The van der Waals surface area contributed by atoms with Gasteiger partial charge in [0.05, 0.1) is 19.7 Å². The zero-order valence-corrected chi connectivity index (χ0v) is 11.3. The zero-order chi connectivity index (χ0) is 14.5. The van der Waals surface area contributed by atoms with Gasteiger partial charge in [-0.15, -0.1) is 0 Å². The first-order valence-electron chi connectivity index (χ1n) is 6.38. The molecule has 0 unspecified atom stereocenters. The van der Waals surface area contributed by atoms with E-state index in [0.29, 0.717) is 38.3 Å². The lowest BCUT2D eigenvalue weighted by Crippen LogP contribution is -2.48. The van der Waals surface area contributed by atoms with Crippen LogP contribution >= 0.6 is 0 Å². The fourth-order valence-corrected chi connectivity index (χ4v) is 2.18. The average Bonchev–Trinajstić information content (AvgIpc) is 2.48. The smallest absolute Gasteiger partial charge is 0.254 e. The molecule has 1 aliphatic heterocycles. The van der Waals surface area contributed by atoms with E-state index in [1.165, 1.54) is 25.3 Å². The highest BCUT2D eigenvalue weighted by molar-refractivity contribution is 5.94. The molecule has 0 spiro atoms. The summed E-state index contributed by atoms with van der Waals surface area (Å²) >= 11 is 0. The summed E-state index contributed by atoms with van der Waals surface area (Å²) in [6, 6.07) is 6.21. The number of rotatable bonds is 3. The molecule has 0 aliphatic carbocycles. The van der Waals surface area contributed by atoms with E-state index < -0.39 is 5.82 Å². The molecule has 1 fully saturated rings. The van der Waals surface area contributed by atoms with E-state index in [0.717, 1.165) is 0 Å². The molecule has 0 atom stereocenters. The van der Waals surface area contributed by atoms with Crippen LogP contribution in [0.15, 0.2) is 18.2 Å². The molecule has 5 nitrogen and oxygen atoms in total. The fourth-order valence-electron chi connectivity index (χ4n) is 2.18. The number of piperazine rings is 1. The average molecular weight is 277 g/mol. The Labute approximate surface area is 117 Å². The van der Waals surface area contributed by atoms with Crippen molar-refractivity contribution in [2.24, 2.45) is 0 Å². The van der Waals surface area contributed by atoms with Gasteiger partial charge in [0.15, 0.2) is 11.6 Å². The Kier molecular flexibility index (Phi) is 4.53. The molecular formula is C14H16FN3O2. The van der Waals surface area contributed by atoms with E-state index in [-0.39, 0.29) is 11.7 Å². The zero-order valence-electron chi connectivity index (χ0n) is 11.3. The van der Waals surface area contributed by atoms with Gasteiger partial charge in [-0.2, -0.15) is 5.26 Å². The van der Waals surface area contributed by atoms with Gasteiger partial charge < -0.3 is 9.64 Å². The van der Waals surface area contributed by atoms with Gasteiger partial charge in [-0.1, -0.05) is 0 Å². The van der Waals surface area contributed by atoms with E-state index >= 15 is 0 Å². The maximum atomic E-state index is 13.3. The van der Waals surface area contributed by atoms with Crippen LogP contribution in [0.5, 0.6) is 5.75 Å². The predicted molar refractivity (Wildman–Crippen MR) is 70.9 cm³/mol. The van der Waals surface area contributed by atoms with Crippen molar-refractivity contribution in [3.8, 4) is 11.8 Å². The molecule has 106 valence electrons. The number of nitriles is 1. The molecule has 1 aromatic carbocycles. The molecule has 6 heteroatoms. The van der Waals surface area contributed by atoms with Crippen molar-refractivity contribution >= 4 is 5.91 Å². The van der Waals surface area contributed by atoms with E-state index in [4.69, 9.17) is 10.00 Å². The monoisotopic (exact) mass is 277 g/mol. The highest BCUT2D eigenvalue weighted by Crippen LogP contribution is 2.19. The number of halogens is 1. The van der Waals surface area contributed by atoms with E-state index in [9.17, 15) is 9.18 Å². The standard InChI is InChI=1S/C14H16FN3O2/c1-20-13-10-11(2-3-12(13)15)14(19)18-8-6-17(5-4-16)7-9-18/h2-3,10H,5-9H2,1H3. The number of carbonyl (C=O) groups is 1. The minimum atomic E-state index is -0.483. The maximum Gasteiger partial charge on any atom is 0.254 e. The molecule has 0 bridgehead atoms. The van der Waals surface area contributed by atoms with Crippen molar-refractivity contribution in [2.75, 3.05) is 39.8 Å². The molecule has 1 aromatic rings. The topological polar surface area (TPSA) is 56.6 Å². The van der Waals surface area contributed by atoms with E-state index in [1.807, 2.05) is 4.90 Å². The molecular weight excluding hydrogens is 261 g/mol. The van der Waals surface area contributed by atoms with Gasteiger partial charge in [0.1, 0.15) is 0 Å². The molecule has 1 amide bonds. The summed E-state index contributed by atoms with van der Waals surface area (Å²) in [4.78, 5) is 16.0. The summed E-state index contributed by atoms with van der Waals surface area (Å²) in [5, 5.41) is 8.63. The van der Waals surface area contributed by atoms with Crippen LogP contribution in [0.1, 0.15) is 10.4 Å². The van der Waals surface area contributed by atoms with E-state index in [1.54, 1.807) is 4.90 Å². The fraction of sp³-hybridized carbons (Fsp3) is 0.429. The summed E-state index contributed by atoms with van der Waals surface area (Å²) in [6.07, 6.45) is 0. The molecule has 0 aromatic heterocycles. The molecule has 1 heterocycles. The number of amides is 1. The first-order valence-corrected chi connectivity index (χ1v) is 6.38. The Hall–Kier alpha value is -2.13. The minimum Gasteiger partial charge on any atom is -0.494 e. The summed E-state index contributed by atoms with van der Waals surface area (Å²) in [7, 11) is 1.37. The quantitative estimate of drug-likeness (QED) is 0.777. The van der Waals surface area contributed by atoms with Crippen molar-refractivity contribution in [1.29, 1.82) is 5.26 Å². The summed E-state index contributed by atoms with van der Waals surface area (Å²) < 4.78 is 18.2.